The number of nitrogens with zero attached hydrogens (tertiary/aromatic N) is 4. The third kappa shape index (κ3) is 3.45. The zero-order valence-corrected chi connectivity index (χ0v) is 16.8. The summed E-state index contributed by atoms with van der Waals surface area (Å²) in [4.78, 5) is 34.1. The molecule has 1 aliphatic rings. The van der Waals surface area contributed by atoms with E-state index < -0.39 is 11.2 Å². The van der Waals surface area contributed by atoms with Gasteiger partial charge in [0.1, 0.15) is 0 Å². The van der Waals surface area contributed by atoms with E-state index in [1.54, 1.807) is 7.05 Å². The normalized spacial score (nSPS) is 15.3. The number of aromatic amines is 1. The van der Waals surface area contributed by atoms with E-state index in [4.69, 9.17) is 4.98 Å². The molecule has 0 spiro atoms. The summed E-state index contributed by atoms with van der Waals surface area (Å²) in [5.41, 5.74) is 1.10. The summed E-state index contributed by atoms with van der Waals surface area (Å²) in [6.07, 6.45) is 4.63. The molecule has 7 nitrogen and oxygen atoms in total. The Bertz CT molecular complexity index is 1090. The molecule has 142 valence electrons. The number of hydrogen-bond donors (Lipinski definition) is 1. The Labute approximate surface area is 164 Å². The van der Waals surface area contributed by atoms with Crippen LogP contribution in [0.5, 0.6) is 0 Å². The van der Waals surface area contributed by atoms with Crippen LogP contribution in [0.1, 0.15) is 31.2 Å². The maximum Gasteiger partial charge on any atom is 0.329 e. The van der Waals surface area contributed by atoms with Crippen molar-refractivity contribution in [3.63, 3.8) is 0 Å². The minimum Gasteiger partial charge on any atom is -0.342 e. The smallest absolute Gasteiger partial charge is 0.329 e. The number of aromatic nitrogens is 4. The molecule has 0 atom stereocenters. The summed E-state index contributed by atoms with van der Waals surface area (Å²) in [5.74, 6) is 0.763. The summed E-state index contributed by atoms with van der Waals surface area (Å²) in [7, 11) is 1.64. The van der Waals surface area contributed by atoms with Crippen LogP contribution in [0, 0.1) is 0 Å². The van der Waals surface area contributed by atoms with Gasteiger partial charge in [-0.05, 0) is 30.5 Å². The second kappa shape index (κ2) is 7.34. The van der Waals surface area contributed by atoms with Crippen LogP contribution in [0.25, 0.3) is 11.2 Å². The fourth-order valence-electron chi connectivity index (χ4n) is 3.70. The van der Waals surface area contributed by atoms with E-state index in [1.807, 2.05) is 28.8 Å². The standard InChI is InChI=1S/C19H22BrN5O2/c1-23-16-15(17(26)22-19(23)27)25(12-13-7-6-8-14(20)11-13)18(21-16)24-9-4-2-3-5-10-24/h6-8,11H,2-5,9-10,12H2,1H3,(H,22,26,27). The molecule has 0 saturated carbocycles. The lowest BCUT2D eigenvalue weighted by Gasteiger charge is -2.22. The van der Waals surface area contributed by atoms with Crippen molar-refractivity contribution in [2.45, 2.75) is 32.2 Å². The first-order valence-electron chi connectivity index (χ1n) is 9.23. The van der Waals surface area contributed by atoms with Gasteiger partial charge in [0, 0.05) is 24.6 Å². The molecule has 2 aromatic heterocycles. The number of fused-ring (bicyclic) bond motifs is 1. The molecular weight excluding hydrogens is 410 g/mol. The molecular formula is C19H22BrN5O2. The van der Waals surface area contributed by atoms with Crippen molar-refractivity contribution in [1.82, 2.24) is 19.1 Å². The summed E-state index contributed by atoms with van der Waals surface area (Å²) in [6.45, 7) is 2.34. The van der Waals surface area contributed by atoms with Crippen LogP contribution in [0.2, 0.25) is 0 Å². The molecule has 4 rings (SSSR count). The van der Waals surface area contributed by atoms with Crippen molar-refractivity contribution in [2.75, 3.05) is 18.0 Å². The van der Waals surface area contributed by atoms with Gasteiger partial charge in [-0.15, -0.1) is 0 Å². The predicted molar refractivity (Wildman–Crippen MR) is 110 cm³/mol. The highest BCUT2D eigenvalue weighted by Gasteiger charge is 2.22. The Kier molecular flexibility index (Phi) is 4.90. The fraction of sp³-hybridized carbons (Fsp3) is 0.421. The molecule has 0 bridgehead atoms. The summed E-state index contributed by atoms with van der Waals surface area (Å²) in [5, 5.41) is 0. The van der Waals surface area contributed by atoms with Crippen LogP contribution in [-0.2, 0) is 13.6 Å². The van der Waals surface area contributed by atoms with Gasteiger partial charge in [-0.2, -0.15) is 4.98 Å². The highest BCUT2D eigenvalue weighted by Crippen LogP contribution is 2.24. The first-order valence-corrected chi connectivity index (χ1v) is 10.0. The highest BCUT2D eigenvalue weighted by atomic mass is 79.9. The van der Waals surface area contributed by atoms with Gasteiger partial charge in [-0.1, -0.05) is 40.9 Å². The Balaban J connectivity index is 1.92. The van der Waals surface area contributed by atoms with Crippen LogP contribution >= 0.6 is 15.9 Å². The number of H-pyrrole nitrogens is 1. The van der Waals surface area contributed by atoms with Gasteiger partial charge in [0.2, 0.25) is 5.95 Å². The summed E-state index contributed by atoms with van der Waals surface area (Å²) >= 11 is 3.51. The molecule has 0 unspecified atom stereocenters. The van der Waals surface area contributed by atoms with Crippen molar-refractivity contribution >= 4 is 33.0 Å². The number of rotatable bonds is 3. The fourth-order valence-corrected chi connectivity index (χ4v) is 4.15. The van der Waals surface area contributed by atoms with E-state index in [2.05, 4.69) is 25.8 Å². The third-order valence-corrected chi connectivity index (χ3v) is 5.60. The number of anilines is 1. The summed E-state index contributed by atoms with van der Waals surface area (Å²) in [6, 6.07) is 8.01. The topological polar surface area (TPSA) is 75.9 Å². The van der Waals surface area contributed by atoms with Crippen molar-refractivity contribution < 1.29 is 0 Å². The SMILES string of the molecule is Cn1c(=O)[nH]c(=O)c2c1nc(N1CCCCCC1)n2Cc1cccc(Br)c1. The van der Waals surface area contributed by atoms with Crippen molar-refractivity contribution in [2.24, 2.45) is 7.05 Å². The lowest BCUT2D eigenvalue weighted by Crippen LogP contribution is -2.30. The first kappa shape index (κ1) is 18.0. The van der Waals surface area contributed by atoms with Crippen LogP contribution in [-0.4, -0.2) is 32.2 Å². The van der Waals surface area contributed by atoms with Gasteiger partial charge in [0.15, 0.2) is 11.2 Å². The molecule has 3 heterocycles. The van der Waals surface area contributed by atoms with Crippen LogP contribution < -0.4 is 16.1 Å². The Hall–Kier alpha value is -2.35. The number of imidazole rings is 1. The molecule has 27 heavy (non-hydrogen) atoms. The largest absolute Gasteiger partial charge is 0.342 e. The van der Waals surface area contributed by atoms with Crippen LogP contribution in [0.3, 0.4) is 0 Å². The van der Waals surface area contributed by atoms with Crippen molar-refractivity contribution in [1.29, 1.82) is 0 Å². The van der Waals surface area contributed by atoms with Gasteiger partial charge < -0.3 is 4.90 Å². The maximum absolute atomic E-state index is 12.6. The molecule has 8 heteroatoms. The van der Waals surface area contributed by atoms with E-state index in [9.17, 15) is 9.59 Å². The van der Waals surface area contributed by atoms with Crippen LogP contribution in [0.4, 0.5) is 5.95 Å². The van der Waals surface area contributed by atoms with Gasteiger partial charge in [0.05, 0.1) is 6.54 Å². The van der Waals surface area contributed by atoms with Gasteiger partial charge in [0.25, 0.3) is 5.56 Å². The minimum atomic E-state index is -0.443. The molecule has 1 aromatic carbocycles. The zero-order chi connectivity index (χ0) is 19.0. The quantitative estimate of drug-likeness (QED) is 0.691. The predicted octanol–water partition coefficient (Wildman–Crippen LogP) is 2.61. The molecule has 0 aliphatic carbocycles. The average Bonchev–Trinajstić information content (AvgIpc) is 2.82. The van der Waals surface area contributed by atoms with Crippen molar-refractivity contribution in [3.8, 4) is 0 Å². The molecule has 0 radical (unpaired) electrons. The van der Waals surface area contributed by atoms with Gasteiger partial charge in [-0.3, -0.25) is 18.9 Å². The molecule has 0 amide bonds. The molecule has 1 N–H and O–H groups in total. The number of hydrogen-bond acceptors (Lipinski definition) is 4. The zero-order valence-electron chi connectivity index (χ0n) is 15.2. The second-order valence-corrected chi connectivity index (χ2v) is 7.94. The average molecular weight is 432 g/mol. The van der Waals surface area contributed by atoms with E-state index in [1.165, 1.54) is 17.4 Å². The minimum absolute atomic E-state index is 0.392. The highest BCUT2D eigenvalue weighted by molar-refractivity contribution is 9.10. The lowest BCUT2D eigenvalue weighted by atomic mass is 10.2. The number of halogens is 1. The van der Waals surface area contributed by atoms with Crippen LogP contribution in [0.15, 0.2) is 38.3 Å². The second-order valence-electron chi connectivity index (χ2n) is 7.02. The molecule has 1 aliphatic heterocycles. The van der Waals surface area contributed by atoms with E-state index >= 15 is 0 Å². The monoisotopic (exact) mass is 431 g/mol. The van der Waals surface area contributed by atoms with E-state index in [0.29, 0.717) is 17.7 Å². The Morgan fingerprint density at radius 2 is 1.89 bits per heavy atom. The number of benzene rings is 1. The molecule has 1 saturated heterocycles. The van der Waals surface area contributed by atoms with E-state index in [-0.39, 0.29) is 0 Å². The third-order valence-electron chi connectivity index (χ3n) is 5.11. The summed E-state index contributed by atoms with van der Waals surface area (Å²) < 4.78 is 4.35. The lowest BCUT2D eigenvalue weighted by molar-refractivity contribution is 0.715. The van der Waals surface area contributed by atoms with E-state index in [0.717, 1.165) is 41.9 Å². The maximum atomic E-state index is 12.6. The van der Waals surface area contributed by atoms with Gasteiger partial charge >= 0.3 is 5.69 Å². The first-order chi connectivity index (χ1) is 13.0. The van der Waals surface area contributed by atoms with Gasteiger partial charge in [-0.25, -0.2) is 4.79 Å². The number of nitrogens with one attached hydrogen (secondary N) is 1. The van der Waals surface area contributed by atoms with Crippen molar-refractivity contribution in [3.05, 3.63) is 55.1 Å². The Morgan fingerprint density at radius 1 is 1.15 bits per heavy atom. The number of aryl methyl sites for hydroxylation is 1. The molecule has 1 fully saturated rings. The molecule has 3 aromatic rings. The Morgan fingerprint density at radius 3 is 2.59 bits per heavy atom.